The van der Waals surface area contributed by atoms with Crippen molar-refractivity contribution in [1.82, 2.24) is 9.97 Å². The summed E-state index contributed by atoms with van der Waals surface area (Å²) in [5, 5.41) is 3.13. The fraction of sp³-hybridized carbons (Fsp3) is 0.556. The molecule has 0 radical (unpaired) electrons. The molecule has 1 heterocycles. The standard InChI is InChI=1S/C9H15N3O/c1-3-10-8-4-6-11-9(12-8)5-7-13-2/h4,6H,3,5,7H2,1-2H3,(H,10,11,12). The summed E-state index contributed by atoms with van der Waals surface area (Å²) in [4.78, 5) is 8.43. The molecule has 72 valence electrons. The van der Waals surface area contributed by atoms with Gasteiger partial charge in [-0.25, -0.2) is 9.97 Å². The molecular weight excluding hydrogens is 166 g/mol. The summed E-state index contributed by atoms with van der Waals surface area (Å²) in [7, 11) is 1.67. The van der Waals surface area contributed by atoms with E-state index in [1.54, 1.807) is 13.3 Å². The molecule has 13 heavy (non-hydrogen) atoms. The van der Waals surface area contributed by atoms with Gasteiger partial charge in [0.1, 0.15) is 11.6 Å². The minimum Gasteiger partial charge on any atom is -0.384 e. The van der Waals surface area contributed by atoms with Crippen molar-refractivity contribution in [2.24, 2.45) is 0 Å². The minimum atomic E-state index is 0.662. The highest BCUT2D eigenvalue weighted by Crippen LogP contribution is 2.01. The zero-order valence-electron chi connectivity index (χ0n) is 8.08. The highest BCUT2D eigenvalue weighted by molar-refractivity contribution is 5.32. The van der Waals surface area contributed by atoms with Gasteiger partial charge in [0, 0.05) is 26.3 Å². The Balaban J connectivity index is 2.56. The van der Waals surface area contributed by atoms with E-state index in [2.05, 4.69) is 15.3 Å². The lowest BCUT2D eigenvalue weighted by atomic mass is 10.4. The van der Waals surface area contributed by atoms with E-state index in [-0.39, 0.29) is 0 Å². The van der Waals surface area contributed by atoms with Gasteiger partial charge >= 0.3 is 0 Å². The number of ether oxygens (including phenoxy) is 1. The maximum atomic E-state index is 4.95. The van der Waals surface area contributed by atoms with E-state index in [1.807, 2.05) is 13.0 Å². The third kappa shape index (κ3) is 3.38. The van der Waals surface area contributed by atoms with Crippen LogP contribution in [-0.4, -0.2) is 30.2 Å². The zero-order chi connectivity index (χ0) is 9.52. The van der Waals surface area contributed by atoms with Gasteiger partial charge in [-0.15, -0.1) is 0 Å². The first-order chi connectivity index (χ1) is 6.36. The average molecular weight is 181 g/mol. The van der Waals surface area contributed by atoms with Crippen molar-refractivity contribution < 1.29 is 4.74 Å². The van der Waals surface area contributed by atoms with Gasteiger partial charge in [-0.3, -0.25) is 0 Å². The van der Waals surface area contributed by atoms with Gasteiger partial charge in [-0.1, -0.05) is 0 Å². The Morgan fingerprint density at radius 1 is 1.54 bits per heavy atom. The summed E-state index contributed by atoms with van der Waals surface area (Å²) >= 11 is 0. The van der Waals surface area contributed by atoms with Crippen LogP contribution >= 0.6 is 0 Å². The minimum absolute atomic E-state index is 0.662. The Morgan fingerprint density at radius 3 is 3.08 bits per heavy atom. The Morgan fingerprint density at radius 2 is 2.38 bits per heavy atom. The topological polar surface area (TPSA) is 47.0 Å². The lowest BCUT2D eigenvalue weighted by molar-refractivity contribution is 0.200. The van der Waals surface area contributed by atoms with Crippen molar-refractivity contribution in [3.8, 4) is 0 Å². The molecule has 4 heteroatoms. The van der Waals surface area contributed by atoms with Crippen LogP contribution in [0.25, 0.3) is 0 Å². The largest absolute Gasteiger partial charge is 0.384 e. The Kier molecular flexibility index (Phi) is 4.18. The van der Waals surface area contributed by atoms with E-state index in [1.165, 1.54) is 0 Å². The third-order valence-corrected chi connectivity index (χ3v) is 1.59. The number of aromatic nitrogens is 2. The summed E-state index contributed by atoms with van der Waals surface area (Å²) in [6.45, 7) is 3.58. The molecule has 0 aliphatic rings. The Hall–Kier alpha value is -1.16. The molecule has 0 saturated carbocycles. The van der Waals surface area contributed by atoms with Gasteiger partial charge in [0.15, 0.2) is 0 Å². The molecular formula is C9H15N3O. The third-order valence-electron chi connectivity index (χ3n) is 1.59. The molecule has 1 N–H and O–H groups in total. The molecule has 1 aromatic heterocycles. The van der Waals surface area contributed by atoms with Crippen LogP contribution < -0.4 is 5.32 Å². The molecule has 1 rings (SSSR count). The number of hydrogen-bond donors (Lipinski definition) is 1. The summed E-state index contributed by atoms with van der Waals surface area (Å²) in [5.41, 5.74) is 0. The van der Waals surface area contributed by atoms with E-state index in [4.69, 9.17) is 4.74 Å². The maximum absolute atomic E-state index is 4.95. The number of methoxy groups -OCH3 is 1. The number of hydrogen-bond acceptors (Lipinski definition) is 4. The van der Waals surface area contributed by atoms with Gasteiger partial charge in [-0.2, -0.15) is 0 Å². The Labute approximate surface area is 78.4 Å². The van der Waals surface area contributed by atoms with Gasteiger partial charge < -0.3 is 10.1 Å². The molecule has 0 aromatic carbocycles. The normalized spacial score (nSPS) is 10.0. The van der Waals surface area contributed by atoms with Crippen molar-refractivity contribution in [2.75, 3.05) is 25.6 Å². The predicted octanol–water partition coefficient (Wildman–Crippen LogP) is 1.10. The SMILES string of the molecule is CCNc1ccnc(CCOC)n1. The number of nitrogens with one attached hydrogen (secondary N) is 1. The molecule has 4 nitrogen and oxygen atoms in total. The second-order valence-electron chi connectivity index (χ2n) is 2.63. The Bertz CT molecular complexity index is 252. The van der Waals surface area contributed by atoms with Crippen LogP contribution in [0, 0.1) is 0 Å². The van der Waals surface area contributed by atoms with Gasteiger partial charge in [0.05, 0.1) is 6.61 Å². The van der Waals surface area contributed by atoms with Crippen LogP contribution in [0.1, 0.15) is 12.7 Å². The second-order valence-corrected chi connectivity index (χ2v) is 2.63. The highest BCUT2D eigenvalue weighted by Gasteiger charge is 1.97. The van der Waals surface area contributed by atoms with E-state index >= 15 is 0 Å². The smallest absolute Gasteiger partial charge is 0.132 e. The fourth-order valence-electron chi connectivity index (χ4n) is 0.992. The summed E-state index contributed by atoms with van der Waals surface area (Å²) in [6, 6.07) is 1.86. The number of anilines is 1. The molecule has 0 atom stereocenters. The molecule has 0 aliphatic carbocycles. The zero-order valence-corrected chi connectivity index (χ0v) is 8.08. The van der Waals surface area contributed by atoms with E-state index < -0.39 is 0 Å². The maximum Gasteiger partial charge on any atom is 0.132 e. The van der Waals surface area contributed by atoms with E-state index in [0.29, 0.717) is 6.61 Å². The number of rotatable bonds is 5. The average Bonchev–Trinajstić information content (AvgIpc) is 2.16. The lowest BCUT2D eigenvalue weighted by Crippen LogP contribution is -2.04. The molecule has 0 amide bonds. The van der Waals surface area contributed by atoms with Crippen LogP contribution in [0.15, 0.2) is 12.3 Å². The summed E-state index contributed by atoms with van der Waals surface area (Å²) in [6.07, 6.45) is 2.52. The van der Waals surface area contributed by atoms with Gasteiger partial charge in [0.25, 0.3) is 0 Å². The molecule has 0 unspecified atom stereocenters. The molecule has 0 bridgehead atoms. The van der Waals surface area contributed by atoms with Crippen LogP contribution in [0.3, 0.4) is 0 Å². The summed E-state index contributed by atoms with van der Waals surface area (Å²) < 4.78 is 4.95. The molecule has 0 saturated heterocycles. The van der Waals surface area contributed by atoms with Gasteiger partial charge in [0.2, 0.25) is 0 Å². The van der Waals surface area contributed by atoms with E-state index in [0.717, 1.165) is 24.6 Å². The van der Waals surface area contributed by atoms with Crippen molar-refractivity contribution >= 4 is 5.82 Å². The van der Waals surface area contributed by atoms with Crippen LogP contribution in [0.5, 0.6) is 0 Å². The van der Waals surface area contributed by atoms with Crippen LogP contribution in [-0.2, 0) is 11.2 Å². The van der Waals surface area contributed by atoms with Gasteiger partial charge in [-0.05, 0) is 13.0 Å². The van der Waals surface area contributed by atoms with Crippen molar-refractivity contribution in [3.63, 3.8) is 0 Å². The first-order valence-corrected chi connectivity index (χ1v) is 4.41. The quantitative estimate of drug-likeness (QED) is 0.738. The highest BCUT2D eigenvalue weighted by atomic mass is 16.5. The molecule has 0 spiro atoms. The summed E-state index contributed by atoms with van der Waals surface area (Å²) in [5.74, 6) is 1.70. The predicted molar refractivity (Wildman–Crippen MR) is 51.8 cm³/mol. The molecule has 0 aliphatic heterocycles. The fourth-order valence-corrected chi connectivity index (χ4v) is 0.992. The number of nitrogens with zero attached hydrogens (tertiary/aromatic N) is 2. The first-order valence-electron chi connectivity index (χ1n) is 4.41. The monoisotopic (exact) mass is 181 g/mol. The van der Waals surface area contributed by atoms with E-state index in [9.17, 15) is 0 Å². The van der Waals surface area contributed by atoms with Crippen LogP contribution in [0.2, 0.25) is 0 Å². The van der Waals surface area contributed by atoms with Crippen molar-refractivity contribution in [2.45, 2.75) is 13.3 Å². The second kappa shape index (κ2) is 5.48. The molecule has 0 fully saturated rings. The van der Waals surface area contributed by atoms with Crippen molar-refractivity contribution in [1.29, 1.82) is 0 Å². The lowest BCUT2D eigenvalue weighted by Gasteiger charge is -2.03. The van der Waals surface area contributed by atoms with Crippen LogP contribution in [0.4, 0.5) is 5.82 Å². The van der Waals surface area contributed by atoms with Crippen molar-refractivity contribution in [3.05, 3.63) is 18.1 Å². The molecule has 1 aromatic rings. The first kappa shape index (κ1) is 9.92.